The average Bonchev–Trinajstić information content (AvgIpc) is 2.76. The smallest absolute Gasteiger partial charge is 0.234 e. The molecular formula is C22H25F2N3O3S. The molecule has 9 heteroatoms. The molecule has 0 spiro atoms. The molecule has 0 bridgehead atoms. The maximum Gasteiger partial charge on any atom is 0.234 e. The summed E-state index contributed by atoms with van der Waals surface area (Å²) < 4.78 is 32.0. The van der Waals surface area contributed by atoms with Crippen LogP contribution in [0.1, 0.15) is 11.6 Å². The number of nitrogens with zero attached hydrogens (tertiary/aromatic N) is 1. The number of carbonyl (C=O) groups is 2. The first-order valence-corrected chi connectivity index (χ1v) is 11.1. The Morgan fingerprint density at radius 1 is 1.00 bits per heavy atom. The number of carbonyl (C=O) groups excluding carboxylic acids is 2. The minimum atomic E-state index is -0.377. The first-order valence-electron chi connectivity index (χ1n) is 9.98. The molecule has 1 heterocycles. The third-order valence-corrected chi connectivity index (χ3v) is 5.74. The molecule has 1 atom stereocenters. The highest BCUT2D eigenvalue weighted by molar-refractivity contribution is 8.00. The van der Waals surface area contributed by atoms with E-state index in [4.69, 9.17) is 4.74 Å². The van der Waals surface area contributed by atoms with Gasteiger partial charge in [0.2, 0.25) is 11.8 Å². The minimum Gasteiger partial charge on any atom is -0.379 e. The summed E-state index contributed by atoms with van der Waals surface area (Å²) in [5.74, 6) is -0.940. The van der Waals surface area contributed by atoms with Gasteiger partial charge in [-0.15, -0.1) is 11.8 Å². The first-order chi connectivity index (χ1) is 15.0. The summed E-state index contributed by atoms with van der Waals surface area (Å²) >= 11 is 1.19. The quantitative estimate of drug-likeness (QED) is 0.616. The van der Waals surface area contributed by atoms with Crippen LogP contribution < -0.4 is 10.6 Å². The Kier molecular flexibility index (Phi) is 8.81. The summed E-state index contributed by atoms with van der Waals surface area (Å²) in [4.78, 5) is 26.4. The minimum absolute atomic E-state index is 0.0988. The SMILES string of the molecule is O=C(CSCC(=O)Nc1ccc(F)cc1)NCC(c1cccc(F)c1)N1CCOCC1. The number of thioether (sulfide) groups is 1. The van der Waals surface area contributed by atoms with Gasteiger partial charge in [-0.1, -0.05) is 12.1 Å². The van der Waals surface area contributed by atoms with Crippen LogP contribution >= 0.6 is 11.8 Å². The van der Waals surface area contributed by atoms with E-state index in [1.54, 1.807) is 6.07 Å². The van der Waals surface area contributed by atoms with Crippen LogP contribution in [0.25, 0.3) is 0 Å². The van der Waals surface area contributed by atoms with Gasteiger partial charge >= 0.3 is 0 Å². The second-order valence-corrected chi connectivity index (χ2v) is 8.06. The molecule has 2 amide bonds. The Labute approximate surface area is 184 Å². The zero-order valence-electron chi connectivity index (χ0n) is 17.0. The van der Waals surface area contributed by atoms with Crippen molar-refractivity contribution in [3.63, 3.8) is 0 Å². The van der Waals surface area contributed by atoms with Crippen molar-refractivity contribution in [2.24, 2.45) is 0 Å². The summed E-state index contributed by atoms with van der Waals surface area (Å²) in [5.41, 5.74) is 1.30. The van der Waals surface area contributed by atoms with Crippen molar-refractivity contribution in [1.82, 2.24) is 10.2 Å². The number of morpholine rings is 1. The molecule has 1 aliphatic rings. The molecule has 0 aliphatic carbocycles. The average molecular weight is 450 g/mol. The van der Waals surface area contributed by atoms with Gasteiger partial charge in [-0.05, 0) is 42.0 Å². The maximum atomic E-state index is 13.7. The van der Waals surface area contributed by atoms with Gasteiger partial charge in [-0.3, -0.25) is 14.5 Å². The predicted octanol–water partition coefficient (Wildman–Crippen LogP) is 2.83. The number of benzene rings is 2. The number of hydrogen-bond donors (Lipinski definition) is 2. The standard InChI is InChI=1S/C22H25F2N3O3S/c23-17-4-6-19(7-5-17)26-22(29)15-31-14-21(28)25-13-20(27-8-10-30-11-9-27)16-2-1-3-18(24)12-16/h1-7,12,20H,8-11,13-15H2,(H,25,28)(H,26,29). The van der Waals surface area contributed by atoms with E-state index in [0.29, 0.717) is 38.5 Å². The molecular weight excluding hydrogens is 424 g/mol. The number of ether oxygens (including phenoxy) is 1. The van der Waals surface area contributed by atoms with Crippen molar-refractivity contribution < 1.29 is 23.1 Å². The summed E-state index contributed by atoms with van der Waals surface area (Å²) in [5, 5.41) is 5.54. The van der Waals surface area contributed by atoms with Crippen molar-refractivity contribution in [3.8, 4) is 0 Å². The molecule has 2 aromatic rings. The largest absolute Gasteiger partial charge is 0.379 e. The number of anilines is 1. The third-order valence-electron chi connectivity index (χ3n) is 4.81. The third kappa shape index (κ3) is 7.61. The molecule has 0 saturated carbocycles. The molecule has 1 fully saturated rings. The Bertz CT molecular complexity index is 877. The van der Waals surface area contributed by atoms with Gasteiger partial charge in [0.05, 0.1) is 30.8 Å². The Morgan fingerprint density at radius 3 is 2.42 bits per heavy atom. The van der Waals surface area contributed by atoms with E-state index < -0.39 is 0 Å². The molecule has 1 aliphatic heterocycles. The van der Waals surface area contributed by atoms with Gasteiger partial charge in [0.15, 0.2) is 0 Å². The van der Waals surface area contributed by atoms with Gasteiger partial charge < -0.3 is 15.4 Å². The van der Waals surface area contributed by atoms with E-state index in [1.165, 1.54) is 48.2 Å². The second kappa shape index (κ2) is 11.8. The fourth-order valence-corrected chi connectivity index (χ4v) is 3.94. The molecule has 31 heavy (non-hydrogen) atoms. The Balaban J connectivity index is 1.45. The zero-order valence-corrected chi connectivity index (χ0v) is 17.8. The number of rotatable bonds is 9. The fraction of sp³-hybridized carbons (Fsp3) is 0.364. The van der Waals surface area contributed by atoms with Crippen LogP contribution in [0.5, 0.6) is 0 Å². The maximum absolute atomic E-state index is 13.7. The predicted molar refractivity (Wildman–Crippen MR) is 117 cm³/mol. The van der Waals surface area contributed by atoms with E-state index in [0.717, 1.165) is 5.56 Å². The second-order valence-electron chi connectivity index (χ2n) is 7.07. The lowest BCUT2D eigenvalue weighted by atomic mass is 10.0. The molecule has 6 nitrogen and oxygen atoms in total. The summed E-state index contributed by atoms with van der Waals surface area (Å²) in [6.07, 6.45) is 0. The van der Waals surface area contributed by atoms with Crippen LogP contribution in [0, 0.1) is 11.6 Å². The molecule has 0 aromatic heterocycles. The van der Waals surface area contributed by atoms with Crippen LogP contribution in [0.3, 0.4) is 0 Å². The lowest BCUT2D eigenvalue weighted by Gasteiger charge is -2.35. The molecule has 2 aromatic carbocycles. The van der Waals surface area contributed by atoms with E-state index in [-0.39, 0.29) is 41.0 Å². The van der Waals surface area contributed by atoms with Crippen LogP contribution in [0.4, 0.5) is 14.5 Å². The van der Waals surface area contributed by atoms with Crippen molar-refractivity contribution in [3.05, 3.63) is 65.7 Å². The molecule has 1 unspecified atom stereocenters. The fourth-order valence-electron chi connectivity index (χ4n) is 3.29. The van der Waals surface area contributed by atoms with Crippen LogP contribution in [0.15, 0.2) is 48.5 Å². The van der Waals surface area contributed by atoms with Gasteiger partial charge in [-0.2, -0.15) is 0 Å². The zero-order chi connectivity index (χ0) is 22.1. The first kappa shape index (κ1) is 23.2. The van der Waals surface area contributed by atoms with E-state index in [2.05, 4.69) is 15.5 Å². The van der Waals surface area contributed by atoms with Crippen molar-refractivity contribution in [2.45, 2.75) is 6.04 Å². The lowest BCUT2D eigenvalue weighted by Crippen LogP contribution is -2.44. The van der Waals surface area contributed by atoms with Crippen molar-refractivity contribution in [2.75, 3.05) is 49.7 Å². The van der Waals surface area contributed by atoms with Crippen molar-refractivity contribution >= 4 is 29.3 Å². The van der Waals surface area contributed by atoms with E-state index >= 15 is 0 Å². The molecule has 3 rings (SSSR count). The number of hydrogen-bond acceptors (Lipinski definition) is 5. The summed E-state index contributed by atoms with van der Waals surface area (Å²) in [6.45, 7) is 2.94. The Morgan fingerprint density at radius 2 is 1.71 bits per heavy atom. The highest BCUT2D eigenvalue weighted by Crippen LogP contribution is 2.22. The molecule has 1 saturated heterocycles. The van der Waals surface area contributed by atoms with Crippen LogP contribution in [0.2, 0.25) is 0 Å². The topological polar surface area (TPSA) is 70.7 Å². The number of amides is 2. The number of nitrogens with one attached hydrogen (secondary N) is 2. The van der Waals surface area contributed by atoms with Gasteiger partial charge in [0.1, 0.15) is 11.6 Å². The van der Waals surface area contributed by atoms with Crippen molar-refractivity contribution in [1.29, 1.82) is 0 Å². The van der Waals surface area contributed by atoms with Gasteiger partial charge in [0.25, 0.3) is 0 Å². The van der Waals surface area contributed by atoms with E-state index in [9.17, 15) is 18.4 Å². The summed E-state index contributed by atoms with van der Waals surface area (Å²) in [6, 6.07) is 11.7. The lowest BCUT2D eigenvalue weighted by molar-refractivity contribution is -0.118. The summed E-state index contributed by atoms with van der Waals surface area (Å²) in [7, 11) is 0. The normalized spacial score (nSPS) is 15.3. The van der Waals surface area contributed by atoms with Crippen LogP contribution in [-0.2, 0) is 14.3 Å². The molecule has 2 N–H and O–H groups in total. The van der Waals surface area contributed by atoms with Gasteiger partial charge in [-0.25, -0.2) is 8.78 Å². The highest BCUT2D eigenvalue weighted by atomic mass is 32.2. The Hall–Kier alpha value is -2.49. The number of halogens is 2. The van der Waals surface area contributed by atoms with E-state index in [1.807, 2.05) is 6.07 Å². The van der Waals surface area contributed by atoms with Crippen LogP contribution in [-0.4, -0.2) is 61.1 Å². The molecule has 166 valence electrons. The molecule has 0 radical (unpaired) electrons. The van der Waals surface area contributed by atoms with Gasteiger partial charge in [0, 0.05) is 25.3 Å². The highest BCUT2D eigenvalue weighted by Gasteiger charge is 2.23. The monoisotopic (exact) mass is 449 g/mol.